The second kappa shape index (κ2) is 14.2. The van der Waals surface area contributed by atoms with Gasteiger partial charge < -0.3 is 4.57 Å². The third-order valence-electron chi connectivity index (χ3n) is 7.69. The highest BCUT2D eigenvalue weighted by Crippen LogP contribution is 2.33. The van der Waals surface area contributed by atoms with Gasteiger partial charge in [0.25, 0.3) is 0 Å². The van der Waals surface area contributed by atoms with Crippen LogP contribution in [0.1, 0.15) is 38.2 Å². The van der Waals surface area contributed by atoms with Gasteiger partial charge in [-0.1, -0.05) is 121 Å². The number of benzene rings is 3. The Labute approximate surface area is 275 Å². The fourth-order valence-corrected chi connectivity index (χ4v) is 5.88. The van der Waals surface area contributed by atoms with E-state index in [1.807, 2.05) is 74.5 Å². The molecule has 0 unspecified atom stereocenters. The highest BCUT2D eigenvalue weighted by atomic mass is 35.5. The van der Waals surface area contributed by atoms with E-state index in [1.165, 1.54) is 0 Å². The van der Waals surface area contributed by atoms with E-state index < -0.39 is 0 Å². The van der Waals surface area contributed by atoms with Gasteiger partial charge >= 0.3 is 0 Å². The fourth-order valence-electron chi connectivity index (χ4n) is 5.65. The Hall–Kier alpha value is -5.32. The Balaban J connectivity index is 1.56. The van der Waals surface area contributed by atoms with E-state index in [4.69, 9.17) is 26.6 Å². The average Bonchev–Trinajstić information content (AvgIpc) is 3.46. The summed E-state index contributed by atoms with van der Waals surface area (Å²) in [5, 5.41) is 1.72. The number of hydrogen-bond donors (Lipinski definition) is 0. The molecule has 0 fully saturated rings. The van der Waals surface area contributed by atoms with Crippen LogP contribution in [0.4, 0.5) is 0 Å². The molecule has 3 aromatic carbocycles. The summed E-state index contributed by atoms with van der Waals surface area (Å²) in [7, 11) is 0. The van der Waals surface area contributed by atoms with E-state index in [0.29, 0.717) is 22.5 Å². The molecular formula is C41H35ClN4. The van der Waals surface area contributed by atoms with Crippen molar-refractivity contribution in [3.63, 3.8) is 0 Å². The molecule has 0 amide bonds. The molecule has 0 atom stereocenters. The Bertz CT molecular complexity index is 2090. The van der Waals surface area contributed by atoms with Crippen LogP contribution in [0.25, 0.3) is 51.0 Å². The van der Waals surface area contributed by atoms with Crippen LogP contribution in [0.15, 0.2) is 151 Å². The summed E-state index contributed by atoms with van der Waals surface area (Å²) in [6, 6.07) is 26.6. The maximum absolute atomic E-state index is 6.89. The summed E-state index contributed by atoms with van der Waals surface area (Å²) in [6.45, 7) is 7.98. The van der Waals surface area contributed by atoms with Gasteiger partial charge in [-0.15, -0.1) is 0 Å². The van der Waals surface area contributed by atoms with Crippen molar-refractivity contribution in [1.29, 1.82) is 0 Å². The molecule has 4 nitrogen and oxygen atoms in total. The molecule has 226 valence electrons. The second-order valence-electron chi connectivity index (χ2n) is 10.9. The molecule has 0 N–H and O–H groups in total. The van der Waals surface area contributed by atoms with Crippen molar-refractivity contribution >= 4 is 34.2 Å². The van der Waals surface area contributed by atoms with Crippen LogP contribution in [0, 0.1) is 0 Å². The summed E-state index contributed by atoms with van der Waals surface area (Å²) in [5.74, 6) is 1.84. The average molecular weight is 619 g/mol. The van der Waals surface area contributed by atoms with Crippen LogP contribution >= 0.6 is 11.6 Å². The molecule has 0 radical (unpaired) electrons. The zero-order chi connectivity index (χ0) is 31.9. The molecule has 2 heterocycles. The third kappa shape index (κ3) is 6.68. The molecule has 46 heavy (non-hydrogen) atoms. The molecule has 1 aliphatic carbocycles. The molecule has 0 spiro atoms. The van der Waals surface area contributed by atoms with Gasteiger partial charge in [0.15, 0.2) is 17.5 Å². The van der Waals surface area contributed by atoms with Crippen molar-refractivity contribution in [3.05, 3.63) is 168 Å². The zero-order valence-corrected chi connectivity index (χ0v) is 26.8. The SMILES string of the molecule is C=C/C=C(\C=C/C)C(/C=C\C)=C/c1cc2ccccc2n1-c1cc(Cl)cc(-c2nc(C3=CCCC=C3)nc(-c3ccccc3)n2)c1. The van der Waals surface area contributed by atoms with Gasteiger partial charge in [0.1, 0.15) is 0 Å². The summed E-state index contributed by atoms with van der Waals surface area (Å²) in [5.41, 5.74) is 7.87. The van der Waals surface area contributed by atoms with Gasteiger partial charge in [0, 0.05) is 38.5 Å². The number of fused-ring (bicyclic) bond motifs is 1. The molecule has 1 aliphatic rings. The molecule has 5 aromatic rings. The topological polar surface area (TPSA) is 43.6 Å². The highest BCUT2D eigenvalue weighted by Gasteiger charge is 2.17. The molecular weight excluding hydrogens is 584 g/mol. The molecule has 0 saturated heterocycles. The molecule has 0 aliphatic heterocycles. The number of allylic oxidation sites excluding steroid dienone is 12. The summed E-state index contributed by atoms with van der Waals surface area (Å²) in [6.07, 6.45) is 22.8. The lowest BCUT2D eigenvalue weighted by Gasteiger charge is -2.14. The van der Waals surface area contributed by atoms with E-state index in [2.05, 4.69) is 90.1 Å². The monoisotopic (exact) mass is 618 g/mol. The Morgan fingerprint density at radius 3 is 2.24 bits per heavy atom. The standard InChI is InChI=1S/C41H35ClN4/c1-4-15-29(16-5-2)32(17-6-3)25-36-26-33-22-13-14-23-38(33)46(36)37-27-34(24-35(42)28-37)41-44-39(30-18-9-7-10-19-30)43-40(45-41)31-20-11-8-12-21-31/h4-7,9-11,13-28H,1,8,12H2,2-3H3/b16-5-,17-6-,29-15+,32-25+. The maximum atomic E-state index is 6.89. The lowest BCUT2D eigenvalue weighted by atomic mass is 10.0. The summed E-state index contributed by atoms with van der Waals surface area (Å²) < 4.78 is 2.24. The van der Waals surface area contributed by atoms with Crippen LogP contribution in [0.5, 0.6) is 0 Å². The molecule has 6 rings (SSSR count). The first kappa shape index (κ1) is 30.7. The number of halogens is 1. The third-order valence-corrected chi connectivity index (χ3v) is 7.90. The first-order valence-corrected chi connectivity index (χ1v) is 15.9. The normalized spacial score (nSPS) is 14.0. The minimum atomic E-state index is 0.569. The van der Waals surface area contributed by atoms with Crippen molar-refractivity contribution in [1.82, 2.24) is 19.5 Å². The van der Waals surface area contributed by atoms with Gasteiger partial charge in [-0.2, -0.15) is 0 Å². The van der Waals surface area contributed by atoms with E-state index in [0.717, 1.165) is 63.0 Å². The van der Waals surface area contributed by atoms with Gasteiger partial charge in [0.05, 0.1) is 5.52 Å². The number of hydrogen-bond acceptors (Lipinski definition) is 3. The van der Waals surface area contributed by atoms with Crippen LogP contribution in [-0.2, 0) is 0 Å². The van der Waals surface area contributed by atoms with Crippen molar-refractivity contribution < 1.29 is 0 Å². The van der Waals surface area contributed by atoms with E-state index in [1.54, 1.807) is 0 Å². The first-order chi connectivity index (χ1) is 22.6. The second-order valence-corrected chi connectivity index (χ2v) is 11.4. The summed E-state index contributed by atoms with van der Waals surface area (Å²) >= 11 is 6.89. The van der Waals surface area contributed by atoms with E-state index >= 15 is 0 Å². The lowest BCUT2D eigenvalue weighted by molar-refractivity contribution is 1.00. The number of nitrogens with zero attached hydrogens (tertiary/aromatic N) is 4. The Morgan fingerprint density at radius 1 is 0.783 bits per heavy atom. The zero-order valence-electron chi connectivity index (χ0n) is 26.1. The van der Waals surface area contributed by atoms with Crippen LogP contribution < -0.4 is 0 Å². The quantitative estimate of drug-likeness (QED) is 0.154. The molecule has 2 aromatic heterocycles. The fraction of sp³-hybridized carbons (Fsp3) is 0.0976. The molecule has 0 saturated carbocycles. The van der Waals surface area contributed by atoms with Crippen molar-refractivity contribution in [2.45, 2.75) is 26.7 Å². The largest absolute Gasteiger partial charge is 0.310 e. The Kier molecular flexibility index (Phi) is 9.47. The van der Waals surface area contributed by atoms with Crippen molar-refractivity contribution in [3.8, 4) is 28.5 Å². The van der Waals surface area contributed by atoms with Crippen molar-refractivity contribution in [2.75, 3.05) is 0 Å². The van der Waals surface area contributed by atoms with Crippen LogP contribution in [0.2, 0.25) is 5.02 Å². The van der Waals surface area contributed by atoms with Crippen LogP contribution in [-0.4, -0.2) is 19.5 Å². The smallest absolute Gasteiger partial charge is 0.164 e. The van der Waals surface area contributed by atoms with Gasteiger partial charge in [-0.05, 0) is 74.2 Å². The van der Waals surface area contributed by atoms with Crippen molar-refractivity contribution in [2.24, 2.45) is 0 Å². The predicted molar refractivity (Wildman–Crippen MR) is 195 cm³/mol. The van der Waals surface area contributed by atoms with E-state index in [9.17, 15) is 0 Å². The van der Waals surface area contributed by atoms with Gasteiger partial charge in [-0.25, -0.2) is 15.0 Å². The number of rotatable bonds is 9. The minimum Gasteiger partial charge on any atom is -0.310 e. The number of para-hydroxylation sites is 1. The lowest BCUT2D eigenvalue weighted by Crippen LogP contribution is -2.04. The first-order valence-electron chi connectivity index (χ1n) is 15.5. The van der Waals surface area contributed by atoms with Gasteiger partial charge in [-0.3, -0.25) is 0 Å². The maximum Gasteiger partial charge on any atom is 0.164 e. The predicted octanol–water partition coefficient (Wildman–Crippen LogP) is 11.2. The molecule has 0 bridgehead atoms. The minimum absolute atomic E-state index is 0.569. The highest BCUT2D eigenvalue weighted by molar-refractivity contribution is 6.31. The van der Waals surface area contributed by atoms with E-state index in [-0.39, 0.29) is 0 Å². The van der Waals surface area contributed by atoms with Gasteiger partial charge in [0.2, 0.25) is 0 Å². The summed E-state index contributed by atoms with van der Waals surface area (Å²) in [4.78, 5) is 14.8. The van der Waals surface area contributed by atoms with Crippen LogP contribution in [0.3, 0.4) is 0 Å². The molecule has 5 heteroatoms. The number of aromatic nitrogens is 4. The Morgan fingerprint density at radius 2 is 1.50 bits per heavy atom.